The first-order chi connectivity index (χ1) is 12.8. The average Bonchev–Trinajstić information content (AvgIpc) is 2.72. The van der Waals surface area contributed by atoms with Crippen molar-refractivity contribution in [1.82, 2.24) is 0 Å². The number of hydrogen-bond acceptors (Lipinski definition) is 2. The van der Waals surface area contributed by atoms with Crippen molar-refractivity contribution in [2.75, 3.05) is 0 Å². The molecule has 0 amide bonds. The normalized spacial score (nSPS) is 10.5. The summed E-state index contributed by atoms with van der Waals surface area (Å²) in [6.07, 6.45) is -0.915. The minimum absolute atomic E-state index is 0.600. The van der Waals surface area contributed by atoms with Gasteiger partial charge in [0, 0.05) is 22.3 Å². The molecule has 0 saturated heterocycles. The lowest BCUT2D eigenvalue weighted by atomic mass is 10.0. The topological polar surface area (TPSA) is 44.0 Å². The van der Waals surface area contributed by atoms with Gasteiger partial charge in [-0.05, 0) is 42.5 Å². The van der Waals surface area contributed by atoms with Crippen LogP contribution in [0.15, 0.2) is 78.9 Å². The molecule has 1 atom stereocenters. The van der Waals surface area contributed by atoms with Gasteiger partial charge in [0.25, 0.3) is 0 Å². The van der Waals surface area contributed by atoms with E-state index >= 15 is 0 Å². The molecule has 0 fully saturated rings. The van der Waals surface area contributed by atoms with Crippen LogP contribution in [0.25, 0.3) is 0 Å². The zero-order chi connectivity index (χ0) is 18.2. The summed E-state index contributed by atoms with van der Waals surface area (Å²) < 4.78 is 0. The molecule has 0 aliphatic heterocycles. The van der Waals surface area contributed by atoms with E-state index in [0.29, 0.717) is 11.1 Å². The Kier molecular flexibility index (Phi) is 5.49. The summed E-state index contributed by atoms with van der Waals surface area (Å²) in [5.74, 6) is 12.0. The van der Waals surface area contributed by atoms with E-state index < -0.39 is 6.10 Å². The maximum Gasteiger partial charge on any atom is 0.141 e. The molecule has 0 aromatic heterocycles. The number of aliphatic hydroxyl groups is 1. The van der Waals surface area contributed by atoms with Gasteiger partial charge in [-0.2, -0.15) is 5.26 Å². The molecule has 3 aromatic carbocycles. The highest BCUT2D eigenvalue weighted by Crippen LogP contribution is 2.17. The summed E-state index contributed by atoms with van der Waals surface area (Å²) in [7, 11) is 0. The van der Waals surface area contributed by atoms with Crippen LogP contribution in [0.1, 0.15) is 33.9 Å². The number of benzene rings is 3. The number of nitriles is 1. The van der Waals surface area contributed by atoms with Gasteiger partial charge in [-0.15, -0.1) is 0 Å². The van der Waals surface area contributed by atoms with Gasteiger partial charge < -0.3 is 5.11 Å². The van der Waals surface area contributed by atoms with Crippen LogP contribution in [0.5, 0.6) is 0 Å². The van der Waals surface area contributed by atoms with E-state index in [4.69, 9.17) is 5.26 Å². The van der Waals surface area contributed by atoms with Crippen LogP contribution in [-0.2, 0) is 0 Å². The van der Waals surface area contributed by atoms with Crippen molar-refractivity contribution in [2.45, 2.75) is 6.10 Å². The van der Waals surface area contributed by atoms with E-state index in [1.165, 1.54) is 0 Å². The van der Waals surface area contributed by atoms with Crippen LogP contribution in [0, 0.1) is 35.0 Å². The van der Waals surface area contributed by atoms with E-state index in [-0.39, 0.29) is 0 Å². The first-order valence-electron chi connectivity index (χ1n) is 8.12. The van der Waals surface area contributed by atoms with Crippen molar-refractivity contribution in [3.63, 3.8) is 0 Å². The smallest absolute Gasteiger partial charge is 0.141 e. The molecule has 1 unspecified atom stereocenters. The van der Waals surface area contributed by atoms with Crippen molar-refractivity contribution >= 4 is 0 Å². The largest absolute Gasteiger partial charge is 0.376 e. The van der Waals surface area contributed by atoms with Crippen molar-refractivity contribution in [3.05, 3.63) is 107 Å². The molecule has 0 heterocycles. The Hall–Kier alpha value is -3.77. The van der Waals surface area contributed by atoms with E-state index in [0.717, 1.165) is 16.7 Å². The van der Waals surface area contributed by atoms with Crippen LogP contribution >= 0.6 is 0 Å². The standard InChI is InChI=1S/C24H15NO/c25-18-21-12-10-20(11-13-21)14-16-22-8-4-5-9-23(22)24(26)17-15-19-6-2-1-3-7-19/h1-13,24,26H. The summed E-state index contributed by atoms with van der Waals surface area (Å²) in [4.78, 5) is 0. The monoisotopic (exact) mass is 333 g/mol. The molecule has 3 rings (SSSR count). The van der Waals surface area contributed by atoms with Crippen LogP contribution in [0.3, 0.4) is 0 Å². The highest BCUT2D eigenvalue weighted by atomic mass is 16.3. The SMILES string of the molecule is N#Cc1ccc(C#Cc2ccccc2C(O)C#Cc2ccccc2)cc1. The van der Waals surface area contributed by atoms with Crippen molar-refractivity contribution < 1.29 is 5.11 Å². The minimum Gasteiger partial charge on any atom is -0.376 e. The summed E-state index contributed by atoms with van der Waals surface area (Å²) in [5.41, 5.74) is 3.67. The highest BCUT2D eigenvalue weighted by Gasteiger charge is 2.07. The Morgan fingerprint density at radius 3 is 2.00 bits per heavy atom. The van der Waals surface area contributed by atoms with Gasteiger partial charge in [0.1, 0.15) is 6.10 Å². The molecule has 0 aliphatic carbocycles. The van der Waals surface area contributed by atoms with E-state index in [1.807, 2.05) is 54.6 Å². The Morgan fingerprint density at radius 2 is 1.27 bits per heavy atom. The fourth-order valence-electron chi connectivity index (χ4n) is 2.37. The van der Waals surface area contributed by atoms with E-state index in [2.05, 4.69) is 29.8 Å². The van der Waals surface area contributed by atoms with Crippen LogP contribution in [0.4, 0.5) is 0 Å². The molecular weight excluding hydrogens is 318 g/mol. The molecule has 0 bridgehead atoms. The maximum absolute atomic E-state index is 10.5. The second kappa shape index (κ2) is 8.36. The molecule has 122 valence electrons. The molecule has 0 radical (unpaired) electrons. The molecule has 0 saturated carbocycles. The van der Waals surface area contributed by atoms with Gasteiger partial charge >= 0.3 is 0 Å². The second-order valence-corrected chi connectivity index (χ2v) is 5.56. The molecule has 26 heavy (non-hydrogen) atoms. The lowest BCUT2D eigenvalue weighted by molar-refractivity contribution is 0.238. The number of hydrogen-bond donors (Lipinski definition) is 1. The minimum atomic E-state index is -0.915. The molecular formula is C24H15NO. The van der Waals surface area contributed by atoms with Gasteiger partial charge in [-0.1, -0.05) is 60.1 Å². The first-order valence-corrected chi connectivity index (χ1v) is 8.12. The number of rotatable bonds is 1. The zero-order valence-electron chi connectivity index (χ0n) is 14.0. The lowest BCUT2D eigenvalue weighted by Crippen LogP contribution is -1.97. The summed E-state index contributed by atoms with van der Waals surface area (Å²) >= 11 is 0. The number of nitrogens with zero attached hydrogens (tertiary/aromatic N) is 1. The first kappa shape index (κ1) is 17.1. The Labute approximate surface area is 153 Å². The van der Waals surface area contributed by atoms with Crippen LogP contribution in [-0.4, -0.2) is 5.11 Å². The second-order valence-electron chi connectivity index (χ2n) is 5.56. The van der Waals surface area contributed by atoms with Gasteiger partial charge in [0.2, 0.25) is 0 Å². The third kappa shape index (κ3) is 4.40. The molecule has 0 aliphatic rings. The summed E-state index contributed by atoms with van der Waals surface area (Å²) in [6.45, 7) is 0. The van der Waals surface area contributed by atoms with Crippen LogP contribution < -0.4 is 0 Å². The summed E-state index contributed by atoms with van der Waals surface area (Å²) in [5, 5.41) is 19.3. The summed E-state index contributed by atoms with van der Waals surface area (Å²) in [6, 6.07) is 26.1. The predicted octanol–water partition coefficient (Wildman–Crippen LogP) is 4.04. The molecule has 2 nitrogen and oxygen atoms in total. The fourth-order valence-corrected chi connectivity index (χ4v) is 2.37. The van der Waals surface area contributed by atoms with E-state index in [1.54, 1.807) is 24.3 Å². The maximum atomic E-state index is 10.5. The quantitative estimate of drug-likeness (QED) is 0.683. The Balaban J connectivity index is 1.86. The van der Waals surface area contributed by atoms with Crippen molar-refractivity contribution in [3.8, 4) is 29.8 Å². The van der Waals surface area contributed by atoms with E-state index in [9.17, 15) is 5.11 Å². The van der Waals surface area contributed by atoms with Gasteiger partial charge in [0.05, 0.1) is 11.6 Å². The molecule has 0 spiro atoms. The van der Waals surface area contributed by atoms with Gasteiger partial charge in [-0.3, -0.25) is 0 Å². The molecule has 1 N–H and O–H groups in total. The Morgan fingerprint density at radius 1 is 0.654 bits per heavy atom. The lowest BCUT2D eigenvalue weighted by Gasteiger charge is -2.06. The number of aliphatic hydroxyl groups excluding tert-OH is 1. The Bertz CT molecular complexity index is 1050. The molecule has 2 heteroatoms. The van der Waals surface area contributed by atoms with Gasteiger partial charge in [-0.25, -0.2) is 0 Å². The molecule has 3 aromatic rings. The third-order valence-electron chi connectivity index (χ3n) is 3.74. The van der Waals surface area contributed by atoms with Crippen molar-refractivity contribution in [2.24, 2.45) is 0 Å². The zero-order valence-corrected chi connectivity index (χ0v) is 14.0. The fraction of sp³-hybridized carbons (Fsp3) is 0.0417. The third-order valence-corrected chi connectivity index (χ3v) is 3.74. The van der Waals surface area contributed by atoms with Crippen molar-refractivity contribution in [1.29, 1.82) is 5.26 Å². The highest BCUT2D eigenvalue weighted by molar-refractivity contribution is 5.50. The van der Waals surface area contributed by atoms with Gasteiger partial charge in [0.15, 0.2) is 0 Å². The predicted molar refractivity (Wildman–Crippen MR) is 102 cm³/mol. The van der Waals surface area contributed by atoms with Crippen LogP contribution in [0.2, 0.25) is 0 Å². The average molecular weight is 333 g/mol.